The maximum Gasteiger partial charge on any atom is 0.417 e. The van der Waals surface area contributed by atoms with Crippen LogP contribution in [-0.4, -0.2) is 21.2 Å². The van der Waals surface area contributed by atoms with E-state index in [9.17, 15) is 9.90 Å². The minimum absolute atomic E-state index is 0.325. The van der Waals surface area contributed by atoms with Crippen molar-refractivity contribution in [1.82, 2.24) is 9.97 Å². The lowest BCUT2D eigenvalue weighted by atomic mass is 10.2. The fourth-order valence-corrected chi connectivity index (χ4v) is 2.38. The van der Waals surface area contributed by atoms with Gasteiger partial charge in [-0.1, -0.05) is 6.07 Å². The lowest BCUT2D eigenvalue weighted by Crippen LogP contribution is -2.24. The number of benzene rings is 1. The zero-order valence-corrected chi connectivity index (χ0v) is 13.9. The molecule has 3 rings (SSSR count). The van der Waals surface area contributed by atoms with Gasteiger partial charge in [0, 0.05) is 12.4 Å². The van der Waals surface area contributed by atoms with Gasteiger partial charge in [-0.15, -0.1) is 0 Å². The molecule has 0 aliphatic heterocycles. The Morgan fingerprint density at radius 1 is 1.00 bits per heavy atom. The van der Waals surface area contributed by atoms with Crippen molar-refractivity contribution in [3.8, 4) is 11.6 Å². The molecule has 0 aliphatic carbocycles. The van der Waals surface area contributed by atoms with Crippen molar-refractivity contribution in [2.75, 3.05) is 4.90 Å². The van der Waals surface area contributed by atoms with Crippen LogP contribution in [0.5, 0.6) is 11.6 Å². The number of aromatic nitrogens is 2. The molecule has 2 heterocycles. The second-order valence-corrected chi connectivity index (χ2v) is 5.55. The highest BCUT2D eigenvalue weighted by Crippen LogP contribution is 2.30. The van der Waals surface area contributed by atoms with Crippen LogP contribution in [0.1, 0.15) is 0 Å². The van der Waals surface area contributed by atoms with Crippen molar-refractivity contribution in [1.29, 1.82) is 0 Å². The minimum Gasteiger partial charge on any atom is -0.464 e. The molecular weight excluding hydrogens is 374 g/mol. The summed E-state index contributed by atoms with van der Waals surface area (Å²) in [7, 11) is 0. The van der Waals surface area contributed by atoms with Gasteiger partial charge in [0.25, 0.3) is 0 Å². The normalized spacial score (nSPS) is 10.2. The van der Waals surface area contributed by atoms with E-state index in [0.29, 0.717) is 23.1 Å². The average Bonchev–Trinajstić information content (AvgIpc) is 2.59. The summed E-state index contributed by atoms with van der Waals surface area (Å²) in [4.78, 5) is 20.9. The van der Waals surface area contributed by atoms with Gasteiger partial charge in [0.05, 0.1) is 10.2 Å². The first kappa shape index (κ1) is 15.9. The SMILES string of the molecule is O=C(O)N(c1ccc(Oc2ncccc2Br)cc1)c1ccccn1. The Kier molecular flexibility index (Phi) is 4.72. The Morgan fingerprint density at radius 2 is 1.75 bits per heavy atom. The van der Waals surface area contributed by atoms with E-state index in [1.165, 1.54) is 0 Å². The van der Waals surface area contributed by atoms with Crippen molar-refractivity contribution >= 4 is 33.5 Å². The van der Waals surface area contributed by atoms with E-state index >= 15 is 0 Å². The lowest BCUT2D eigenvalue weighted by molar-refractivity contribution is 0.204. The second-order valence-electron chi connectivity index (χ2n) is 4.69. The molecule has 3 aromatic rings. The van der Waals surface area contributed by atoms with E-state index in [2.05, 4.69) is 25.9 Å². The van der Waals surface area contributed by atoms with Crippen molar-refractivity contribution in [3.05, 3.63) is 71.5 Å². The van der Waals surface area contributed by atoms with Crippen LogP contribution in [0, 0.1) is 0 Å². The number of rotatable bonds is 4. The molecule has 0 bridgehead atoms. The number of hydrogen-bond acceptors (Lipinski definition) is 4. The summed E-state index contributed by atoms with van der Waals surface area (Å²) in [6.45, 7) is 0. The third kappa shape index (κ3) is 3.52. The molecule has 7 heteroatoms. The Bertz CT molecular complexity index is 841. The molecule has 0 spiro atoms. The van der Waals surface area contributed by atoms with Crippen LogP contribution in [0.2, 0.25) is 0 Å². The summed E-state index contributed by atoms with van der Waals surface area (Å²) in [6, 6.07) is 15.3. The van der Waals surface area contributed by atoms with Crippen molar-refractivity contribution in [2.24, 2.45) is 0 Å². The molecule has 0 fully saturated rings. The predicted molar refractivity (Wildman–Crippen MR) is 92.9 cm³/mol. The van der Waals surface area contributed by atoms with Gasteiger partial charge in [-0.3, -0.25) is 0 Å². The molecule has 0 aliphatic rings. The first-order valence-corrected chi connectivity index (χ1v) is 7.77. The fraction of sp³-hybridized carbons (Fsp3) is 0. The van der Waals surface area contributed by atoms with Gasteiger partial charge in [-0.05, 0) is 64.5 Å². The fourth-order valence-electron chi connectivity index (χ4n) is 2.05. The number of pyridine rings is 2. The first-order chi connectivity index (χ1) is 11.6. The Hall–Kier alpha value is -2.93. The van der Waals surface area contributed by atoms with Crippen molar-refractivity contribution in [3.63, 3.8) is 0 Å². The van der Waals surface area contributed by atoms with Gasteiger partial charge in [0.1, 0.15) is 11.6 Å². The molecule has 120 valence electrons. The second kappa shape index (κ2) is 7.10. The van der Waals surface area contributed by atoms with Crippen LogP contribution in [0.3, 0.4) is 0 Å². The number of hydrogen-bond donors (Lipinski definition) is 1. The van der Waals surface area contributed by atoms with E-state index in [0.717, 1.165) is 9.37 Å². The van der Waals surface area contributed by atoms with Gasteiger partial charge >= 0.3 is 6.09 Å². The van der Waals surface area contributed by atoms with Gasteiger partial charge in [0.15, 0.2) is 0 Å². The molecular formula is C17H12BrN3O3. The van der Waals surface area contributed by atoms with Crippen molar-refractivity contribution in [2.45, 2.75) is 0 Å². The van der Waals surface area contributed by atoms with Crippen LogP contribution in [0.15, 0.2) is 71.5 Å². The summed E-state index contributed by atoms with van der Waals surface area (Å²) < 4.78 is 6.40. The molecule has 1 aromatic carbocycles. The number of nitrogens with zero attached hydrogens (tertiary/aromatic N) is 3. The highest BCUT2D eigenvalue weighted by Gasteiger charge is 2.17. The number of anilines is 2. The maximum absolute atomic E-state index is 11.6. The van der Waals surface area contributed by atoms with Crippen molar-refractivity contribution < 1.29 is 14.6 Å². The third-order valence-electron chi connectivity index (χ3n) is 3.10. The van der Waals surface area contributed by atoms with Gasteiger partial charge < -0.3 is 9.84 Å². The highest BCUT2D eigenvalue weighted by atomic mass is 79.9. The molecule has 0 saturated carbocycles. The Morgan fingerprint density at radius 3 is 2.38 bits per heavy atom. The number of carboxylic acid groups (broad SMARTS) is 1. The van der Waals surface area contributed by atoms with E-state index in [4.69, 9.17) is 4.74 Å². The monoisotopic (exact) mass is 385 g/mol. The van der Waals surface area contributed by atoms with E-state index in [1.54, 1.807) is 60.9 Å². The quantitative estimate of drug-likeness (QED) is 0.694. The number of amides is 1. The maximum atomic E-state index is 11.6. The average molecular weight is 386 g/mol. The topological polar surface area (TPSA) is 75.5 Å². The largest absolute Gasteiger partial charge is 0.464 e. The van der Waals surface area contributed by atoms with Crippen LogP contribution < -0.4 is 9.64 Å². The molecule has 0 unspecified atom stereocenters. The lowest BCUT2D eigenvalue weighted by Gasteiger charge is -2.18. The van der Waals surface area contributed by atoms with E-state index in [1.807, 2.05) is 6.07 Å². The molecule has 6 nitrogen and oxygen atoms in total. The van der Waals surface area contributed by atoms with Gasteiger partial charge in [0.2, 0.25) is 5.88 Å². The standard InChI is InChI=1S/C17H12BrN3O3/c18-14-4-3-11-20-16(14)24-13-8-6-12(7-9-13)21(17(22)23)15-5-1-2-10-19-15/h1-11H,(H,22,23). The zero-order valence-electron chi connectivity index (χ0n) is 12.3. The first-order valence-electron chi connectivity index (χ1n) is 6.97. The highest BCUT2D eigenvalue weighted by molar-refractivity contribution is 9.10. The molecule has 0 atom stereocenters. The third-order valence-corrected chi connectivity index (χ3v) is 3.71. The smallest absolute Gasteiger partial charge is 0.417 e. The summed E-state index contributed by atoms with van der Waals surface area (Å²) in [5.41, 5.74) is 0.466. The predicted octanol–water partition coefficient (Wildman–Crippen LogP) is 4.85. The Labute approximate surface area is 146 Å². The molecule has 2 aromatic heterocycles. The molecule has 0 saturated heterocycles. The molecule has 1 amide bonds. The van der Waals surface area contributed by atoms with Crippen LogP contribution >= 0.6 is 15.9 Å². The number of ether oxygens (including phenoxy) is 1. The number of carbonyl (C=O) groups is 1. The zero-order chi connectivity index (χ0) is 16.9. The van der Waals surface area contributed by atoms with Gasteiger partial charge in [-0.2, -0.15) is 0 Å². The van der Waals surface area contributed by atoms with E-state index < -0.39 is 6.09 Å². The summed E-state index contributed by atoms with van der Waals surface area (Å²) >= 11 is 3.36. The van der Waals surface area contributed by atoms with E-state index in [-0.39, 0.29) is 0 Å². The summed E-state index contributed by atoms with van der Waals surface area (Å²) in [5, 5.41) is 9.46. The molecule has 24 heavy (non-hydrogen) atoms. The van der Waals surface area contributed by atoms with Crippen LogP contribution in [0.25, 0.3) is 0 Å². The summed E-state index contributed by atoms with van der Waals surface area (Å²) in [6.07, 6.45) is 2.05. The summed E-state index contributed by atoms with van der Waals surface area (Å²) in [5.74, 6) is 1.31. The number of halogens is 1. The van der Waals surface area contributed by atoms with Crippen LogP contribution in [-0.2, 0) is 0 Å². The minimum atomic E-state index is -1.12. The van der Waals surface area contributed by atoms with Crippen LogP contribution in [0.4, 0.5) is 16.3 Å². The molecule has 1 N–H and O–H groups in total. The Balaban J connectivity index is 1.85. The molecule has 0 radical (unpaired) electrons. The van der Waals surface area contributed by atoms with Gasteiger partial charge in [-0.25, -0.2) is 19.7 Å².